The fourth-order valence-electron chi connectivity index (χ4n) is 7.37. The van der Waals surface area contributed by atoms with Crippen LogP contribution in [0.1, 0.15) is 227 Å². The number of esters is 2. The highest BCUT2D eigenvalue weighted by Gasteiger charge is 2.21. The van der Waals surface area contributed by atoms with Crippen LogP contribution in [0.5, 0.6) is 0 Å². The number of urea groups is 1. The molecule has 0 radical (unpaired) electrons. The van der Waals surface area contributed by atoms with Crippen LogP contribution in [0.2, 0.25) is 0 Å². The minimum Gasteiger partial charge on any atom is -0.465 e. The summed E-state index contributed by atoms with van der Waals surface area (Å²) in [6, 6.07) is -0.328. The van der Waals surface area contributed by atoms with E-state index in [1.165, 1.54) is 128 Å². The van der Waals surface area contributed by atoms with Crippen LogP contribution in [0.4, 0.5) is 9.59 Å². The van der Waals surface area contributed by atoms with E-state index in [4.69, 9.17) is 18.9 Å². The number of rotatable bonds is 44. The summed E-state index contributed by atoms with van der Waals surface area (Å²) in [4.78, 5) is 53.0. The van der Waals surface area contributed by atoms with Gasteiger partial charge in [-0.3, -0.25) is 9.59 Å². The topological polar surface area (TPSA) is 132 Å². The fraction of sp³-hybridized carbons (Fsp3) is 0.918. The predicted octanol–water partition coefficient (Wildman–Crippen LogP) is 12.6. The van der Waals surface area contributed by atoms with Crippen LogP contribution in [-0.2, 0) is 28.5 Å². The molecule has 354 valence electrons. The second kappa shape index (κ2) is 44.5. The molecule has 1 unspecified atom stereocenters. The summed E-state index contributed by atoms with van der Waals surface area (Å²) in [6.07, 6.45) is 32.6. The molecule has 0 heterocycles. The number of carbonyl (C=O) groups is 4. The SMILES string of the molecule is CCCCCCCCCCCCCCCCNC(=O)NCC(COC(=O)CC(=O)OC(CCCCCCCC)CCCCCCCC)COC(=O)OCCCN(CC)CC. The molecular weight excluding hydrogens is 759 g/mol. The molecule has 0 aromatic carbocycles. The summed E-state index contributed by atoms with van der Waals surface area (Å²) in [5.41, 5.74) is 0. The highest BCUT2D eigenvalue weighted by atomic mass is 16.7. The number of unbranched alkanes of at least 4 members (excludes halogenated alkanes) is 23. The molecule has 11 nitrogen and oxygen atoms in total. The van der Waals surface area contributed by atoms with Gasteiger partial charge in [0.15, 0.2) is 0 Å². The van der Waals surface area contributed by atoms with E-state index in [1.807, 2.05) is 0 Å². The maximum Gasteiger partial charge on any atom is 0.508 e. The first-order chi connectivity index (χ1) is 29.3. The third-order valence-electron chi connectivity index (χ3n) is 11.4. The van der Waals surface area contributed by atoms with Crippen molar-refractivity contribution in [3.8, 4) is 0 Å². The third-order valence-corrected chi connectivity index (χ3v) is 11.4. The van der Waals surface area contributed by atoms with Gasteiger partial charge in [-0.05, 0) is 51.6 Å². The average Bonchev–Trinajstić information content (AvgIpc) is 3.24. The predicted molar refractivity (Wildman–Crippen MR) is 246 cm³/mol. The largest absolute Gasteiger partial charge is 0.508 e. The van der Waals surface area contributed by atoms with Crippen molar-refractivity contribution in [1.82, 2.24) is 15.5 Å². The number of ether oxygens (including phenoxy) is 4. The Kier molecular flexibility index (Phi) is 42.6. The Balaban J connectivity index is 4.81. The highest BCUT2D eigenvalue weighted by molar-refractivity contribution is 5.91. The highest BCUT2D eigenvalue weighted by Crippen LogP contribution is 2.18. The molecule has 60 heavy (non-hydrogen) atoms. The Bertz CT molecular complexity index is 980. The summed E-state index contributed by atoms with van der Waals surface area (Å²) in [6.45, 7) is 14.2. The van der Waals surface area contributed by atoms with Gasteiger partial charge in [0.05, 0.1) is 13.2 Å². The Morgan fingerprint density at radius 3 is 1.42 bits per heavy atom. The Hall–Kier alpha value is -2.56. The van der Waals surface area contributed by atoms with Crippen molar-refractivity contribution >= 4 is 24.1 Å². The molecule has 2 amide bonds. The second-order valence-corrected chi connectivity index (χ2v) is 17.0. The maximum atomic E-state index is 12.9. The molecular formula is C49H95N3O8. The third kappa shape index (κ3) is 39.6. The van der Waals surface area contributed by atoms with Crippen molar-refractivity contribution in [2.45, 2.75) is 233 Å². The zero-order chi connectivity index (χ0) is 44.2. The van der Waals surface area contributed by atoms with E-state index in [9.17, 15) is 19.2 Å². The molecule has 0 aliphatic carbocycles. The molecule has 0 saturated heterocycles. The van der Waals surface area contributed by atoms with Gasteiger partial charge in [0, 0.05) is 25.6 Å². The molecule has 0 rings (SSSR count). The minimum absolute atomic E-state index is 0.107. The Morgan fingerprint density at radius 2 is 0.933 bits per heavy atom. The molecule has 0 aromatic rings. The van der Waals surface area contributed by atoms with Crippen molar-refractivity contribution in [3.05, 3.63) is 0 Å². The van der Waals surface area contributed by atoms with Gasteiger partial charge >= 0.3 is 24.1 Å². The molecule has 0 fully saturated rings. The summed E-state index contributed by atoms with van der Waals surface area (Å²) in [7, 11) is 0. The van der Waals surface area contributed by atoms with Crippen LogP contribution in [-0.4, -0.2) is 87.7 Å². The lowest BCUT2D eigenvalue weighted by Crippen LogP contribution is -2.41. The average molecular weight is 854 g/mol. The van der Waals surface area contributed by atoms with Gasteiger partial charge in [0.25, 0.3) is 0 Å². The minimum atomic E-state index is -0.807. The van der Waals surface area contributed by atoms with E-state index in [2.05, 4.69) is 50.2 Å². The Labute approximate surface area is 368 Å². The van der Waals surface area contributed by atoms with Gasteiger partial charge in [-0.25, -0.2) is 9.59 Å². The zero-order valence-electron chi connectivity index (χ0n) is 39.7. The van der Waals surface area contributed by atoms with Crippen LogP contribution in [0.3, 0.4) is 0 Å². The van der Waals surface area contributed by atoms with Gasteiger partial charge in [0.1, 0.15) is 19.1 Å². The number of hydrogen-bond donors (Lipinski definition) is 2. The van der Waals surface area contributed by atoms with Gasteiger partial charge in [-0.15, -0.1) is 0 Å². The molecule has 0 spiro atoms. The van der Waals surface area contributed by atoms with Gasteiger partial charge in [-0.1, -0.05) is 182 Å². The van der Waals surface area contributed by atoms with Crippen LogP contribution in [0.15, 0.2) is 0 Å². The van der Waals surface area contributed by atoms with Crippen LogP contribution in [0, 0.1) is 5.92 Å². The lowest BCUT2D eigenvalue weighted by molar-refractivity contribution is -0.159. The van der Waals surface area contributed by atoms with Crippen molar-refractivity contribution in [1.29, 1.82) is 0 Å². The van der Waals surface area contributed by atoms with E-state index in [-0.39, 0.29) is 38.5 Å². The summed E-state index contributed by atoms with van der Waals surface area (Å²) in [5, 5.41) is 5.73. The van der Waals surface area contributed by atoms with Gasteiger partial charge in [-0.2, -0.15) is 0 Å². The maximum absolute atomic E-state index is 12.9. The second-order valence-electron chi connectivity index (χ2n) is 17.0. The van der Waals surface area contributed by atoms with Crippen molar-refractivity contribution < 1.29 is 38.1 Å². The molecule has 0 aliphatic heterocycles. The van der Waals surface area contributed by atoms with Crippen LogP contribution < -0.4 is 10.6 Å². The van der Waals surface area contributed by atoms with Crippen LogP contribution >= 0.6 is 0 Å². The van der Waals surface area contributed by atoms with E-state index < -0.39 is 30.4 Å². The van der Waals surface area contributed by atoms with Gasteiger partial charge in [0.2, 0.25) is 0 Å². The zero-order valence-corrected chi connectivity index (χ0v) is 39.7. The number of amides is 2. The lowest BCUT2D eigenvalue weighted by Gasteiger charge is -2.20. The van der Waals surface area contributed by atoms with E-state index >= 15 is 0 Å². The summed E-state index contributed by atoms with van der Waals surface area (Å²) < 4.78 is 21.9. The van der Waals surface area contributed by atoms with Crippen molar-refractivity contribution in [3.63, 3.8) is 0 Å². The fourth-order valence-corrected chi connectivity index (χ4v) is 7.37. The Morgan fingerprint density at radius 1 is 0.483 bits per heavy atom. The van der Waals surface area contributed by atoms with Crippen molar-refractivity contribution in [2.75, 3.05) is 52.5 Å². The quantitative estimate of drug-likeness (QED) is 0.0266. The number of hydrogen-bond acceptors (Lipinski definition) is 9. The summed E-state index contributed by atoms with van der Waals surface area (Å²) in [5.74, 6) is -1.82. The monoisotopic (exact) mass is 854 g/mol. The van der Waals surface area contributed by atoms with E-state index in [0.717, 1.165) is 71.0 Å². The first kappa shape index (κ1) is 57.4. The molecule has 11 heteroatoms. The molecule has 0 aromatic heterocycles. The van der Waals surface area contributed by atoms with E-state index in [0.29, 0.717) is 13.0 Å². The van der Waals surface area contributed by atoms with Crippen molar-refractivity contribution in [2.24, 2.45) is 5.92 Å². The molecule has 0 bridgehead atoms. The first-order valence-corrected chi connectivity index (χ1v) is 25.2. The number of nitrogens with zero attached hydrogens (tertiary/aromatic N) is 1. The molecule has 1 atom stereocenters. The number of carbonyl (C=O) groups excluding carboxylic acids is 4. The lowest BCUT2D eigenvalue weighted by atomic mass is 10.0. The standard InChI is InChI=1S/C49H95N3O8/c1-6-11-14-17-20-21-22-23-24-25-26-27-30-33-37-50-48(55)51-41-44(43-59-49(56)57-39-34-38-52(9-4)10-5)42-58-46(53)40-47(54)60-45(35-31-28-18-15-12-7-2)36-32-29-19-16-13-8-3/h44-45H,6-43H2,1-5H3,(H2,50,51,55). The molecule has 2 N–H and O–H groups in total. The smallest absolute Gasteiger partial charge is 0.465 e. The van der Waals surface area contributed by atoms with Crippen LogP contribution in [0.25, 0.3) is 0 Å². The normalized spacial score (nSPS) is 11.8. The first-order valence-electron chi connectivity index (χ1n) is 25.2. The van der Waals surface area contributed by atoms with Gasteiger partial charge < -0.3 is 34.5 Å². The molecule has 0 saturated carbocycles. The number of nitrogens with one attached hydrogen (secondary N) is 2. The molecule has 0 aliphatic rings. The summed E-state index contributed by atoms with van der Waals surface area (Å²) >= 11 is 0. The van der Waals surface area contributed by atoms with E-state index in [1.54, 1.807) is 0 Å².